The van der Waals surface area contributed by atoms with Crippen molar-refractivity contribution in [1.82, 2.24) is 0 Å². The van der Waals surface area contributed by atoms with Gasteiger partial charge < -0.3 is 9.47 Å². The van der Waals surface area contributed by atoms with Crippen LogP contribution >= 0.6 is 23.2 Å². The van der Waals surface area contributed by atoms with Crippen LogP contribution in [0, 0.1) is 0 Å². The van der Waals surface area contributed by atoms with E-state index in [9.17, 15) is 13.2 Å². The van der Waals surface area contributed by atoms with Gasteiger partial charge in [-0.1, -0.05) is 23.2 Å². The maximum absolute atomic E-state index is 12.4. The number of benzene rings is 1. The van der Waals surface area contributed by atoms with Crippen molar-refractivity contribution in [3.63, 3.8) is 0 Å². The number of esters is 1. The monoisotopic (exact) mass is 338 g/mol. The molecule has 0 spiro atoms. The van der Waals surface area contributed by atoms with E-state index >= 15 is 0 Å². The third kappa shape index (κ3) is 3.65. The van der Waals surface area contributed by atoms with Gasteiger partial charge in [0.2, 0.25) is 9.84 Å². The number of sulfone groups is 1. The number of carbonyl (C=O) groups excluding carboxylic acids is 1. The van der Waals surface area contributed by atoms with Crippen LogP contribution in [-0.4, -0.2) is 28.1 Å². The summed E-state index contributed by atoms with van der Waals surface area (Å²) in [6, 6.07) is 3.72. The molecule has 0 aliphatic heterocycles. The summed E-state index contributed by atoms with van der Waals surface area (Å²) >= 11 is 11.5. The van der Waals surface area contributed by atoms with E-state index in [0.717, 1.165) is 19.4 Å². The van der Waals surface area contributed by atoms with Crippen molar-refractivity contribution in [3.8, 4) is 0 Å². The molecule has 1 aromatic rings. The summed E-state index contributed by atoms with van der Waals surface area (Å²) in [5.74, 6) is -1.02. The van der Waals surface area contributed by atoms with E-state index in [-0.39, 0.29) is 21.5 Å². The number of hydrogen-bond acceptors (Lipinski definition) is 5. The van der Waals surface area contributed by atoms with Gasteiger partial charge in [-0.25, -0.2) is 13.2 Å². The third-order valence-electron chi connectivity index (χ3n) is 2.23. The Hall–Kier alpha value is -1.24. The summed E-state index contributed by atoms with van der Waals surface area (Å²) in [4.78, 5) is 10.8. The van der Waals surface area contributed by atoms with Gasteiger partial charge in [0.1, 0.15) is 6.26 Å². The summed E-state index contributed by atoms with van der Waals surface area (Å²) in [6.07, 6.45) is 0.851. The van der Waals surface area contributed by atoms with E-state index < -0.39 is 20.7 Å². The van der Waals surface area contributed by atoms with Crippen LogP contribution in [-0.2, 0) is 24.1 Å². The van der Waals surface area contributed by atoms with Crippen molar-refractivity contribution < 1.29 is 22.7 Å². The normalized spacial score (nSPS) is 12.1. The molecule has 0 radical (unpaired) electrons. The van der Waals surface area contributed by atoms with Crippen LogP contribution in [0.3, 0.4) is 0 Å². The Kier molecular flexibility index (Phi) is 5.86. The topological polar surface area (TPSA) is 69.7 Å². The standard InChI is InChI=1S/C12H12Cl2O5S/c1-3-19-7-11(12(15)18-2)20(16,17)8-4-5-9(13)10(14)6-8/h4-7H,3H2,1-2H3/b11-7+. The fraction of sp³-hybridized carbons (Fsp3) is 0.250. The van der Waals surface area contributed by atoms with Crippen LogP contribution in [0.2, 0.25) is 10.0 Å². The Morgan fingerprint density at radius 1 is 1.30 bits per heavy atom. The smallest absolute Gasteiger partial charge is 0.353 e. The first-order valence-electron chi connectivity index (χ1n) is 5.44. The van der Waals surface area contributed by atoms with Gasteiger partial charge >= 0.3 is 5.97 Å². The largest absolute Gasteiger partial charge is 0.500 e. The van der Waals surface area contributed by atoms with Crippen molar-refractivity contribution in [3.05, 3.63) is 39.4 Å². The summed E-state index contributed by atoms with van der Waals surface area (Å²) in [6.45, 7) is 1.86. The van der Waals surface area contributed by atoms with Crippen molar-refractivity contribution in [1.29, 1.82) is 0 Å². The minimum absolute atomic E-state index is 0.0633. The zero-order valence-electron chi connectivity index (χ0n) is 10.7. The summed E-state index contributed by atoms with van der Waals surface area (Å²) in [5.41, 5.74) is 0. The van der Waals surface area contributed by atoms with Crippen LogP contribution in [0.1, 0.15) is 6.92 Å². The molecule has 1 aromatic carbocycles. The number of hydrogen-bond donors (Lipinski definition) is 0. The lowest BCUT2D eigenvalue weighted by molar-refractivity contribution is -0.135. The highest BCUT2D eigenvalue weighted by atomic mass is 35.5. The molecule has 1 rings (SSSR count). The lowest BCUT2D eigenvalue weighted by Crippen LogP contribution is -2.16. The van der Waals surface area contributed by atoms with E-state index in [2.05, 4.69) is 4.74 Å². The highest BCUT2D eigenvalue weighted by Gasteiger charge is 2.29. The van der Waals surface area contributed by atoms with Crippen LogP contribution in [0.5, 0.6) is 0 Å². The zero-order chi connectivity index (χ0) is 15.3. The first kappa shape index (κ1) is 16.8. The van der Waals surface area contributed by atoms with E-state index in [4.69, 9.17) is 27.9 Å². The van der Waals surface area contributed by atoms with Gasteiger partial charge in [0.25, 0.3) is 0 Å². The molecule has 0 aromatic heterocycles. The first-order chi connectivity index (χ1) is 9.34. The van der Waals surface area contributed by atoms with Crippen molar-refractivity contribution in [2.24, 2.45) is 0 Å². The number of halogens is 2. The van der Waals surface area contributed by atoms with Gasteiger partial charge in [0.05, 0.1) is 28.7 Å². The second-order valence-electron chi connectivity index (χ2n) is 3.51. The van der Waals surface area contributed by atoms with Crippen LogP contribution < -0.4 is 0 Å². The van der Waals surface area contributed by atoms with E-state index in [1.165, 1.54) is 12.1 Å². The zero-order valence-corrected chi connectivity index (χ0v) is 13.1. The minimum Gasteiger partial charge on any atom is -0.500 e. The van der Waals surface area contributed by atoms with Crippen LogP contribution in [0.25, 0.3) is 0 Å². The maximum atomic E-state index is 12.4. The average Bonchev–Trinajstić information content (AvgIpc) is 2.41. The molecule has 20 heavy (non-hydrogen) atoms. The van der Waals surface area contributed by atoms with Gasteiger partial charge in [-0.05, 0) is 25.1 Å². The minimum atomic E-state index is -4.11. The Balaban J connectivity index is 3.36. The van der Waals surface area contributed by atoms with Gasteiger partial charge in [-0.2, -0.15) is 0 Å². The molecule has 0 unspecified atom stereocenters. The second kappa shape index (κ2) is 6.97. The van der Waals surface area contributed by atoms with E-state index in [1.54, 1.807) is 6.92 Å². The molecule has 0 aliphatic rings. The number of rotatable bonds is 5. The third-order valence-corrected chi connectivity index (χ3v) is 4.69. The molecule has 8 heteroatoms. The van der Waals surface area contributed by atoms with Gasteiger partial charge in [-0.3, -0.25) is 0 Å². The van der Waals surface area contributed by atoms with Gasteiger partial charge in [0.15, 0.2) is 4.91 Å². The molecule has 0 fully saturated rings. The molecule has 5 nitrogen and oxygen atoms in total. The van der Waals surface area contributed by atoms with Gasteiger partial charge in [0, 0.05) is 0 Å². The molecule has 0 saturated heterocycles. The average molecular weight is 339 g/mol. The Bertz CT molecular complexity index is 637. The molecule has 0 atom stereocenters. The maximum Gasteiger partial charge on any atom is 0.353 e. The SMILES string of the molecule is CCO/C=C(\C(=O)OC)S(=O)(=O)c1ccc(Cl)c(Cl)c1. The molecule has 0 N–H and O–H groups in total. The van der Waals surface area contributed by atoms with E-state index in [0.29, 0.717) is 0 Å². The molecule has 0 amide bonds. The van der Waals surface area contributed by atoms with Gasteiger partial charge in [-0.15, -0.1) is 0 Å². The lowest BCUT2D eigenvalue weighted by atomic mass is 10.4. The van der Waals surface area contributed by atoms with Crippen molar-refractivity contribution >= 4 is 39.0 Å². The fourth-order valence-electron chi connectivity index (χ4n) is 1.25. The molecule has 0 saturated carbocycles. The Labute approximate surface area is 127 Å². The van der Waals surface area contributed by atoms with Crippen LogP contribution in [0.15, 0.2) is 34.3 Å². The lowest BCUT2D eigenvalue weighted by Gasteiger charge is -2.08. The molecular formula is C12H12Cl2O5S. The predicted molar refractivity (Wildman–Crippen MR) is 75.4 cm³/mol. The summed E-state index contributed by atoms with van der Waals surface area (Å²) in [5, 5.41) is 0.271. The number of carbonyl (C=O) groups is 1. The fourth-order valence-corrected chi connectivity index (χ4v) is 2.89. The van der Waals surface area contributed by atoms with Crippen LogP contribution in [0.4, 0.5) is 0 Å². The van der Waals surface area contributed by atoms with Crippen molar-refractivity contribution in [2.75, 3.05) is 13.7 Å². The molecule has 0 heterocycles. The first-order valence-corrected chi connectivity index (χ1v) is 7.68. The molecular weight excluding hydrogens is 327 g/mol. The second-order valence-corrected chi connectivity index (χ2v) is 6.24. The quantitative estimate of drug-likeness (QED) is 0.469. The molecule has 0 bridgehead atoms. The summed E-state index contributed by atoms with van der Waals surface area (Å²) in [7, 11) is -3.03. The summed E-state index contributed by atoms with van der Waals surface area (Å²) < 4.78 is 34.0. The number of ether oxygens (including phenoxy) is 2. The van der Waals surface area contributed by atoms with Crippen molar-refractivity contribution in [2.45, 2.75) is 11.8 Å². The molecule has 110 valence electrons. The Morgan fingerprint density at radius 3 is 2.45 bits per heavy atom. The highest BCUT2D eigenvalue weighted by Crippen LogP contribution is 2.28. The molecule has 0 aliphatic carbocycles. The predicted octanol–water partition coefficient (Wildman–Crippen LogP) is 2.82. The highest BCUT2D eigenvalue weighted by molar-refractivity contribution is 7.96. The van der Waals surface area contributed by atoms with E-state index in [1.807, 2.05) is 0 Å². The number of methoxy groups -OCH3 is 1. The Morgan fingerprint density at radius 2 is 1.95 bits per heavy atom.